The Morgan fingerprint density at radius 1 is 1.10 bits per heavy atom. The zero-order chi connectivity index (χ0) is 20.1. The van der Waals surface area contributed by atoms with E-state index in [1.165, 1.54) is 12.8 Å². The van der Waals surface area contributed by atoms with Gasteiger partial charge in [0.2, 0.25) is 0 Å². The first kappa shape index (κ1) is 17.9. The summed E-state index contributed by atoms with van der Waals surface area (Å²) in [4.78, 5) is 20.2. The van der Waals surface area contributed by atoms with Crippen molar-refractivity contribution in [3.05, 3.63) is 24.0 Å². The summed E-state index contributed by atoms with van der Waals surface area (Å²) in [5.74, 6) is 3.32. The van der Waals surface area contributed by atoms with Crippen molar-refractivity contribution in [2.75, 3.05) is 37.9 Å². The van der Waals surface area contributed by atoms with E-state index < -0.39 is 0 Å². The molecule has 2 fully saturated rings. The number of pyridine rings is 1. The quantitative estimate of drug-likeness (QED) is 0.713. The van der Waals surface area contributed by atoms with Gasteiger partial charge in [-0.05, 0) is 25.8 Å². The van der Waals surface area contributed by atoms with Crippen LogP contribution in [0.3, 0.4) is 0 Å². The van der Waals surface area contributed by atoms with Gasteiger partial charge in [0.05, 0.1) is 38.0 Å². The Morgan fingerprint density at radius 3 is 2.87 bits per heavy atom. The fraction of sp³-hybridized carbons (Fsp3) is 0.500. The van der Waals surface area contributed by atoms with Crippen molar-refractivity contribution in [3.8, 4) is 23.0 Å². The summed E-state index contributed by atoms with van der Waals surface area (Å²) in [6, 6.07) is 4.44. The van der Waals surface area contributed by atoms with Crippen LogP contribution in [0.1, 0.15) is 37.8 Å². The lowest BCUT2D eigenvalue weighted by Crippen LogP contribution is -2.44. The minimum absolute atomic E-state index is 0.273. The summed E-state index contributed by atoms with van der Waals surface area (Å²) < 4.78 is 17.7. The standard InChI is InChI=1S/C22H25N5O3/c1-13-12-28-10-7-27(13)17-11-16(14-3-4-14)24-21(25-17)18-15-5-6-23-20(15)26-22-19(18)29-8-2-9-30-22/h5-6,11,13-14H,2-4,7-10,12H2,1H3,(H,23,26)/t13-/m1/s1. The van der Waals surface area contributed by atoms with Gasteiger partial charge in [-0.15, -0.1) is 0 Å². The Morgan fingerprint density at radius 2 is 2.00 bits per heavy atom. The van der Waals surface area contributed by atoms with Crippen LogP contribution in [-0.4, -0.2) is 59.0 Å². The number of H-pyrrole nitrogens is 1. The molecule has 6 rings (SSSR count). The third kappa shape index (κ3) is 3.06. The SMILES string of the molecule is C[C@@H]1COCCN1c1cc(C2CC2)nc(-c2c3c(nc4[nH]ccc24)OCCCO3)n1. The first-order chi connectivity index (χ1) is 14.8. The number of rotatable bonds is 3. The lowest BCUT2D eigenvalue weighted by Gasteiger charge is -2.34. The van der Waals surface area contributed by atoms with Crippen LogP contribution in [-0.2, 0) is 4.74 Å². The molecule has 0 radical (unpaired) electrons. The average Bonchev–Trinajstić information content (AvgIpc) is 3.55. The number of ether oxygens (including phenoxy) is 3. The molecule has 0 bridgehead atoms. The van der Waals surface area contributed by atoms with Crippen LogP contribution < -0.4 is 14.4 Å². The van der Waals surface area contributed by atoms with E-state index in [1.807, 2.05) is 12.3 Å². The Balaban J connectivity index is 1.56. The zero-order valence-electron chi connectivity index (χ0n) is 17.1. The van der Waals surface area contributed by atoms with Gasteiger partial charge in [0, 0.05) is 42.2 Å². The molecule has 30 heavy (non-hydrogen) atoms. The van der Waals surface area contributed by atoms with Crippen molar-refractivity contribution < 1.29 is 14.2 Å². The van der Waals surface area contributed by atoms with Crippen LogP contribution in [0.2, 0.25) is 0 Å². The molecule has 1 saturated heterocycles. The summed E-state index contributed by atoms with van der Waals surface area (Å²) >= 11 is 0. The highest BCUT2D eigenvalue weighted by atomic mass is 16.5. The Hall–Kier alpha value is -2.87. The number of anilines is 1. The Kier molecular flexibility index (Phi) is 4.26. The molecule has 156 valence electrons. The van der Waals surface area contributed by atoms with Gasteiger partial charge in [-0.2, -0.15) is 4.98 Å². The summed E-state index contributed by atoms with van der Waals surface area (Å²) in [5.41, 5.74) is 2.73. The third-order valence-corrected chi connectivity index (χ3v) is 6.02. The van der Waals surface area contributed by atoms with Crippen LogP contribution in [0.5, 0.6) is 11.6 Å². The van der Waals surface area contributed by atoms with Gasteiger partial charge in [0.15, 0.2) is 11.6 Å². The van der Waals surface area contributed by atoms with E-state index >= 15 is 0 Å². The lowest BCUT2D eigenvalue weighted by molar-refractivity contribution is 0.0985. The van der Waals surface area contributed by atoms with E-state index in [4.69, 9.17) is 24.2 Å². The molecule has 0 aromatic carbocycles. The molecule has 1 atom stereocenters. The van der Waals surface area contributed by atoms with E-state index in [0.717, 1.165) is 41.1 Å². The van der Waals surface area contributed by atoms with Gasteiger partial charge in [-0.1, -0.05) is 0 Å². The number of nitrogens with zero attached hydrogens (tertiary/aromatic N) is 4. The predicted molar refractivity (Wildman–Crippen MR) is 112 cm³/mol. The van der Waals surface area contributed by atoms with E-state index in [2.05, 4.69) is 27.9 Å². The van der Waals surface area contributed by atoms with Gasteiger partial charge in [0.25, 0.3) is 5.88 Å². The fourth-order valence-corrected chi connectivity index (χ4v) is 4.26. The van der Waals surface area contributed by atoms with Gasteiger partial charge in [-0.3, -0.25) is 0 Å². The number of hydrogen-bond donors (Lipinski definition) is 1. The topological polar surface area (TPSA) is 85.4 Å². The molecular weight excluding hydrogens is 382 g/mol. The van der Waals surface area contributed by atoms with Crippen LogP contribution in [0.25, 0.3) is 22.4 Å². The van der Waals surface area contributed by atoms with Crippen LogP contribution in [0.15, 0.2) is 18.3 Å². The lowest BCUT2D eigenvalue weighted by atomic mass is 10.1. The molecule has 1 N–H and O–H groups in total. The molecule has 8 nitrogen and oxygen atoms in total. The third-order valence-electron chi connectivity index (χ3n) is 6.02. The predicted octanol–water partition coefficient (Wildman–Crippen LogP) is 3.28. The van der Waals surface area contributed by atoms with E-state index in [1.54, 1.807) is 0 Å². The van der Waals surface area contributed by atoms with E-state index in [9.17, 15) is 0 Å². The molecule has 5 heterocycles. The van der Waals surface area contributed by atoms with E-state index in [0.29, 0.717) is 49.8 Å². The summed E-state index contributed by atoms with van der Waals surface area (Å²) in [6.45, 7) is 5.61. The average molecular weight is 407 g/mol. The smallest absolute Gasteiger partial charge is 0.259 e. The highest BCUT2D eigenvalue weighted by Gasteiger charge is 2.31. The van der Waals surface area contributed by atoms with Crippen molar-refractivity contribution in [1.29, 1.82) is 0 Å². The summed E-state index contributed by atoms with van der Waals surface area (Å²) in [5, 5.41) is 0.952. The van der Waals surface area contributed by atoms with Crippen molar-refractivity contribution in [2.24, 2.45) is 0 Å². The molecular formula is C22H25N5O3. The Labute approximate surface area is 174 Å². The molecule has 3 aliphatic rings. The Bertz CT molecular complexity index is 1090. The zero-order valence-corrected chi connectivity index (χ0v) is 17.1. The van der Waals surface area contributed by atoms with E-state index in [-0.39, 0.29) is 6.04 Å². The molecule has 0 spiro atoms. The van der Waals surface area contributed by atoms with Gasteiger partial charge in [-0.25, -0.2) is 9.97 Å². The largest absolute Gasteiger partial charge is 0.487 e. The van der Waals surface area contributed by atoms with Crippen molar-refractivity contribution in [1.82, 2.24) is 19.9 Å². The monoisotopic (exact) mass is 407 g/mol. The number of aromatic amines is 1. The summed E-state index contributed by atoms with van der Waals surface area (Å²) in [6.07, 6.45) is 5.07. The molecule has 3 aromatic heterocycles. The molecule has 1 aliphatic carbocycles. The van der Waals surface area contributed by atoms with Gasteiger partial charge < -0.3 is 24.1 Å². The van der Waals surface area contributed by atoms with Crippen LogP contribution in [0, 0.1) is 0 Å². The first-order valence-corrected chi connectivity index (χ1v) is 10.8. The first-order valence-electron chi connectivity index (χ1n) is 10.8. The normalized spacial score (nSPS) is 21.6. The molecule has 0 unspecified atom stereocenters. The maximum absolute atomic E-state index is 6.12. The number of morpholine rings is 1. The minimum Gasteiger partial charge on any atom is -0.487 e. The molecule has 0 amide bonds. The highest BCUT2D eigenvalue weighted by molar-refractivity contribution is 5.96. The molecule has 3 aromatic rings. The maximum Gasteiger partial charge on any atom is 0.259 e. The maximum atomic E-state index is 6.12. The summed E-state index contributed by atoms with van der Waals surface area (Å²) in [7, 11) is 0. The molecule has 2 aliphatic heterocycles. The number of fused-ring (bicyclic) bond motifs is 2. The van der Waals surface area contributed by atoms with Crippen LogP contribution in [0.4, 0.5) is 5.82 Å². The van der Waals surface area contributed by atoms with Crippen LogP contribution >= 0.6 is 0 Å². The highest BCUT2D eigenvalue weighted by Crippen LogP contribution is 2.45. The second-order valence-corrected chi connectivity index (χ2v) is 8.28. The van der Waals surface area contributed by atoms with Gasteiger partial charge in [0.1, 0.15) is 11.5 Å². The van der Waals surface area contributed by atoms with Crippen molar-refractivity contribution >= 4 is 16.9 Å². The number of nitrogens with one attached hydrogen (secondary N) is 1. The van der Waals surface area contributed by atoms with Crippen molar-refractivity contribution in [2.45, 2.75) is 38.1 Å². The number of aromatic nitrogens is 4. The second-order valence-electron chi connectivity index (χ2n) is 8.28. The fourth-order valence-electron chi connectivity index (χ4n) is 4.26. The van der Waals surface area contributed by atoms with Crippen molar-refractivity contribution in [3.63, 3.8) is 0 Å². The van der Waals surface area contributed by atoms with Gasteiger partial charge >= 0.3 is 0 Å². The second kappa shape index (κ2) is 7.12. The minimum atomic E-state index is 0.273. The number of hydrogen-bond acceptors (Lipinski definition) is 7. The molecule has 8 heteroatoms. The molecule has 1 saturated carbocycles.